The van der Waals surface area contributed by atoms with Crippen molar-refractivity contribution in [1.82, 2.24) is 10.6 Å². The van der Waals surface area contributed by atoms with Crippen molar-refractivity contribution >= 4 is 30.8 Å². The normalized spacial score (nSPS) is 9.18. The summed E-state index contributed by atoms with van der Waals surface area (Å²) in [5.41, 5.74) is 5.24. The number of halogens is 2. The third kappa shape index (κ3) is 9.81. The minimum Gasteiger partial charge on any atom is -0.359 e. The van der Waals surface area contributed by atoms with Crippen LogP contribution in [0.3, 0.4) is 0 Å². The van der Waals surface area contributed by atoms with Crippen molar-refractivity contribution in [2.75, 3.05) is 27.2 Å². The summed E-state index contributed by atoms with van der Waals surface area (Å²) in [5.74, 6) is 0.778. The Kier molecular flexibility index (Phi) is 19.4. The van der Waals surface area contributed by atoms with Gasteiger partial charge < -0.3 is 16.4 Å². The molecule has 6 heteroatoms. The van der Waals surface area contributed by atoms with Crippen LogP contribution in [0.25, 0.3) is 0 Å². The zero-order chi connectivity index (χ0) is 7.11. The Morgan fingerprint density at radius 2 is 2.00 bits per heavy atom. The minimum atomic E-state index is 0. The van der Waals surface area contributed by atoms with E-state index in [1.54, 1.807) is 7.05 Å². The van der Waals surface area contributed by atoms with Gasteiger partial charge in [0.15, 0.2) is 5.96 Å². The number of hydrogen-bond acceptors (Lipinski definition) is 2. The summed E-state index contributed by atoms with van der Waals surface area (Å²) < 4.78 is 0. The van der Waals surface area contributed by atoms with E-state index in [1.165, 1.54) is 0 Å². The number of rotatable bonds is 2. The Bertz CT molecular complexity index is 96.5. The van der Waals surface area contributed by atoms with Gasteiger partial charge in [-0.2, -0.15) is 0 Å². The van der Waals surface area contributed by atoms with Crippen molar-refractivity contribution in [2.24, 2.45) is 10.7 Å². The molecular formula is C5H16Cl2N4. The predicted octanol–water partition coefficient (Wildman–Crippen LogP) is -0.417. The standard InChI is InChI=1S/C5H14N4.2ClH/c1-7-5(8-2)9-4-3-6;;/h3-4,6H2,1-2H3,(H2,7,8,9);2*1H. The zero-order valence-electron chi connectivity index (χ0n) is 6.76. The second-order valence-electron chi connectivity index (χ2n) is 1.54. The second kappa shape index (κ2) is 12.5. The third-order valence-corrected chi connectivity index (χ3v) is 0.897. The van der Waals surface area contributed by atoms with Crippen LogP contribution in [0.1, 0.15) is 0 Å². The summed E-state index contributed by atoms with van der Waals surface area (Å²) in [6.45, 7) is 1.38. The first kappa shape index (κ1) is 17.1. The minimum absolute atomic E-state index is 0. The van der Waals surface area contributed by atoms with Crippen molar-refractivity contribution in [3.05, 3.63) is 0 Å². The Labute approximate surface area is 79.8 Å². The van der Waals surface area contributed by atoms with Crippen LogP contribution in [0.4, 0.5) is 0 Å². The number of nitrogens with one attached hydrogen (secondary N) is 2. The van der Waals surface area contributed by atoms with Gasteiger partial charge in [-0.15, -0.1) is 24.8 Å². The largest absolute Gasteiger partial charge is 0.359 e. The van der Waals surface area contributed by atoms with Crippen LogP contribution in [0.2, 0.25) is 0 Å². The molecule has 0 unspecified atom stereocenters. The zero-order valence-corrected chi connectivity index (χ0v) is 8.39. The van der Waals surface area contributed by atoms with Gasteiger partial charge in [-0.1, -0.05) is 0 Å². The SMILES string of the molecule is CN=C(NC)NCCN.Cl.Cl. The molecule has 0 rings (SSSR count). The number of hydrogen-bond donors (Lipinski definition) is 3. The molecule has 0 spiro atoms. The van der Waals surface area contributed by atoms with E-state index >= 15 is 0 Å². The summed E-state index contributed by atoms with van der Waals surface area (Å²) in [6.07, 6.45) is 0. The highest BCUT2D eigenvalue weighted by Gasteiger charge is 1.87. The molecule has 0 fully saturated rings. The molecule has 0 saturated heterocycles. The molecule has 0 amide bonds. The van der Waals surface area contributed by atoms with Crippen molar-refractivity contribution in [3.8, 4) is 0 Å². The van der Waals surface area contributed by atoms with Crippen LogP contribution in [-0.4, -0.2) is 33.1 Å². The van der Waals surface area contributed by atoms with Crippen molar-refractivity contribution in [2.45, 2.75) is 0 Å². The Balaban J connectivity index is -0.000000320. The first-order valence-electron chi connectivity index (χ1n) is 2.93. The lowest BCUT2D eigenvalue weighted by Gasteiger charge is -2.05. The van der Waals surface area contributed by atoms with Crippen LogP contribution >= 0.6 is 24.8 Å². The van der Waals surface area contributed by atoms with E-state index in [9.17, 15) is 0 Å². The highest BCUT2D eigenvalue weighted by molar-refractivity contribution is 5.85. The maximum absolute atomic E-state index is 5.24. The summed E-state index contributed by atoms with van der Waals surface area (Å²) in [6, 6.07) is 0. The molecule has 0 atom stereocenters. The summed E-state index contributed by atoms with van der Waals surface area (Å²) in [5, 5.41) is 5.85. The third-order valence-electron chi connectivity index (χ3n) is 0.897. The molecule has 0 radical (unpaired) electrons. The molecule has 0 aliphatic carbocycles. The number of aliphatic imine (C=N–C) groups is 1. The van der Waals surface area contributed by atoms with Gasteiger partial charge in [-0.25, -0.2) is 0 Å². The van der Waals surface area contributed by atoms with E-state index in [0.717, 1.165) is 12.5 Å². The monoisotopic (exact) mass is 202 g/mol. The van der Waals surface area contributed by atoms with Crippen LogP contribution in [0.15, 0.2) is 4.99 Å². The Morgan fingerprint density at radius 1 is 1.45 bits per heavy atom. The van der Waals surface area contributed by atoms with Crippen molar-refractivity contribution < 1.29 is 0 Å². The molecule has 4 nitrogen and oxygen atoms in total. The average molecular weight is 203 g/mol. The van der Waals surface area contributed by atoms with Crippen LogP contribution < -0.4 is 16.4 Å². The van der Waals surface area contributed by atoms with Crippen molar-refractivity contribution in [3.63, 3.8) is 0 Å². The van der Waals surface area contributed by atoms with E-state index in [1.807, 2.05) is 7.05 Å². The number of nitrogens with two attached hydrogens (primary N) is 1. The fraction of sp³-hybridized carbons (Fsp3) is 0.800. The maximum atomic E-state index is 5.24. The summed E-state index contributed by atoms with van der Waals surface area (Å²) in [4.78, 5) is 3.88. The molecule has 0 aromatic rings. The first-order chi connectivity index (χ1) is 4.35. The summed E-state index contributed by atoms with van der Waals surface area (Å²) in [7, 11) is 3.53. The molecule has 4 N–H and O–H groups in total. The van der Waals surface area contributed by atoms with E-state index in [-0.39, 0.29) is 24.8 Å². The molecule has 0 aromatic carbocycles. The Hall–Kier alpha value is -0.190. The van der Waals surface area contributed by atoms with Gasteiger partial charge >= 0.3 is 0 Å². The lowest BCUT2D eigenvalue weighted by molar-refractivity contribution is 0.843. The van der Waals surface area contributed by atoms with Gasteiger partial charge in [0.05, 0.1) is 0 Å². The Morgan fingerprint density at radius 3 is 2.27 bits per heavy atom. The number of guanidine groups is 1. The molecule has 0 saturated carbocycles. The molecule has 0 aliphatic heterocycles. The first-order valence-corrected chi connectivity index (χ1v) is 2.93. The van der Waals surface area contributed by atoms with Crippen LogP contribution in [-0.2, 0) is 0 Å². The topological polar surface area (TPSA) is 62.4 Å². The van der Waals surface area contributed by atoms with Crippen LogP contribution in [0, 0.1) is 0 Å². The van der Waals surface area contributed by atoms with Crippen LogP contribution in [0.5, 0.6) is 0 Å². The van der Waals surface area contributed by atoms with Gasteiger partial charge in [0, 0.05) is 27.2 Å². The van der Waals surface area contributed by atoms with E-state index in [0.29, 0.717) is 6.54 Å². The molecule has 11 heavy (non-hydrogen) atoms. The predicted molar refractivity (Wildman–Crippen MR) is 54.0 cm³/mol. The van der Waals surface area contributed by atoms with Crippen molar-refractivity contribution in [1.29, 1.82) is 0 Å². The highest BCUT2D eigenvalue weighted by Crippen LogP contribution is 1.60. The fourth-order valence-electron chi connectivity index (χ4n) is 0.470. The molecule has 0 aliphatic rings. The van der Waals surface area contributed by atoms with Gasteiger partial charge in [-0.3, -0.25) is 4.99 Å². The van der Waals surface area contributed by atoms with Gasteiger partial charge in [0.1, 0.15) is 0 Å². The smallest absolute Gasteiger partial charge is 0.190 e. The number of nitrogens with zero attached hydrogens (tertiary/aromatic N) is 1. The fourth-order valence-corrected chi connectivity index (χ4v) is 0.470. The molecule has 70 valence electrons. The molecular weight excluding hydrogens is 187 g/mol. The maximum Gasteiger partial charge on any atom is 0.190 e. The summed E-state index contributed by atoms with van der Waals surface area (Å²) >= 11 is 0. The van der Waals surface area contributed by atoms with Gasteiger partial charge in [0.25, 0.3) is 0 Å². The van der Waals surface area contributed by atoms with Gasteiger partial charge in [0.2, 0.25) is 0 Å². The van der Waals surface area contributed by atoms with E-state index in [2.05, 4.69) is 15.6 Å². The van der Waals surface area contributed by atoms with E-state index in [4.69, 9.17) is 5.73 Å². The molecule has 0 bridgehead atoms. The second-order valence-corrected chi connectivity index (χ2v) is 1.54. The lowest BCUT2D eigenvalue weighted by atomic mass is 10.6. The quantitative estimate of drug-likeness (QED) is 0.422. The van der Waals surface area contributed by atoms with Gasteiger partial charge in [-0.05, 0) is 0 Å². The van der Waals surface area contributed by atoms with E-state index < -0.39 is 0 Å². The lowest BCUT2D eigenvalue weighted by Crippen LogP contribution is -2.37. The molecule has 0 heterocycles. The molecule has 0 aromatic heterocycles. The highest BCUT2D eigenvalue weighted by atomic mass is 35.5. The average Bonchev–Trinajstić information content (AvgIpc) is 1.91.